The van der Waals surface area contributed by atoms with Crippen LogP contribution in [0.15, 0.2) is 29.4 Å². The van der Waals surface area contributed by atoms with Gasteiger partial charge in [0.2, 0.25) is 5.91 Å². The normalized spacial score (nSPS) is 12.4. The molecule has 0 aliphatic heterocycles. The highest BCUT2D eigenvalue weighted by Gasteiger charge is 2.17. The molecule has 0 bridgehead atoms. The molecule has 2 N–H and O–H groups in total. The molecule has 2 aromatic rings. The Bertz CT molecular complexity index is 608. The summed E-state index contributed by atoms with van der Waals surface area (Å²) < 4.78 is 1.87. The maximum Gasteiger partial charge on any atom is 0.230 e. The summed E-state index contributed by atoms with van der Waals surface area (Å²) in [4.78, 5) is 11.1. The monoisotopic (exact) mass is 276 g/mol. The van der Waals surface area contributed by atoms with Crippen LogP contribution in [0.3, 0.4) is 0 Å². The Hall–Kier alpha value is -1.82. The molecule has 0 saturated carbocycles. The Morgan fingerprint density at radius 3 is 2.79 bits per heavy atom. The van der Waals surface area contributed by atoms with Crippen LogP contribution < -0.4 is 5.73 Å². The number of benzene rings is 1. The lowest BCUT2D eigenvalue weighted by Gasteiger charge is -2.07. The average Bonchev–Trinajstić information content (AvgIpc) is 2.71. The number of thioether (sulfide) groups is 1. The van der Waals surface area contributed by atoms with Crippen LogP contribution in [0.25, 0.3) is 11.4 Å². The van der Waals surface area contributed by atoms with Crippen molar-refractivity contribution in [1.29, 1.82) is 0 Å². The van der Waals surface area contributed by atoms with Crippen LogP contribution in [0, 0.1) is 6.92 Å². The predicted molar refractivity (Wildman–Crippen MR) is 75.7 cm³/mol. The van der Waals surface area contributed by atoms with Crippen molar-refractivity contribution in [3.63, 3.8) is 0 Å². The second kappa shape index (κ2) is 5.44. The van der Waals surface area contributed by atoms with Crippen molar-refractivity contribution in [3.05, 3.63) is 29.8 Å². The fourth-order valence-corrected chi connectivity index (χ4v) is 2.43. The molecule has 0 radical (unpaired) electrons. The van der Waals surface area contributed by atoms with E-state index in [4.69, 9.17) is 5.73 Å². The smallest absolute Gasteiger partial charge is 0.230 e. The standard InChI is InChI=1S/C13H16N4OS/c1-8-5-4-6-10(7-8)12-15-16-13(17(12)3)19-9(2)11(14)18/h4-7,9H,1-3H3,(H2,14,18)/t9-/m1/s1. The van der Waals surface area contributed by atoms with Gasteiger partial charge in [0.15, 0.2) is 11.0 Å². The maximum atomic E-state index is 11.1. The third-order valence-electron chi connectivity index (χ3n) is 2.79. The summed E-state index contributed by atoms with van der Waals surface area (Å²) in [7, 11) is 1.88. The van der Waals surface area contributed by atoms with Crippen LogP contribution in [0.2, 0.25) is 0 Å². The summed E-state index contributed by atoms with van der Waals surface area (Å²) in [5.41, 5.74) is 7.43. The molecule has 2 rings (SSSR count). The molecule has 0 aliphatic carbocycles. The van der Waals surface area contributed by atoms with Crippen molar-refractivity contribution in [2.24, 2.45) is 12.8 Å². The van der Waals surface area contributed by atoms with E-state index in [1.54, 1.807) is 6.92 Å². The van der Waals surface area contributed by atoms with E-state index in [0.29, 0.717) is 5.16 Å². The van der Waals surface area contributed by atoms with E-state index in [-0.39, 0.29) is 11.2 Å². The molecule has 5 nitrogen and oxygen atoms in total. The fourth-order valence-electron chi connectivity index (χ4n) is 1.67. The number of rotatable bonds is 4. The number of aryl methyl sites for hydroxylation is 1. The average molecular weight is 276 g/mol. The topological polar surface area (TPSA) is 73.8 Å². The van der Waals surface area contributed by atoms with Gasteiger partial charge in [-0.15, -0.1) is 10.2 Å². The third kappa shape index (κ3) is 2.96. The van der Waals surface area contributed by atoms with Gasteiger partial charge in [-0.1, -0.05) is 35.5 Å². The number of amides is 1. The zero-order valence-corrected chi connectivity index (χ0v) is 11.9. The van der Waals surface area contributed by atoms with E-state index in [1.165, 1.54) is 17.3 Å². The summed E-state index contributed by atoms with van der Waals surface area (Å²) >= 11 is 1.31. The van der Waals surface area contributed by atoms with E-state index >= 15 is 0 Å². The molecule has 0 unspecified atom stereocenters. The van der Waals surface area contributed by atoms with Gasteiger partial charge < -0.3 is 10.3 Å². The number of primary amides is 1. The zero-order valence-electron chi connectivity index (χ0n) is 11.1. The number of carbonyl (C=O) groups is 1. The molecule has 1 aromatic heterocycles. The largest absolute Gasteiger partial charge is 0.369 e. The molecule has 6 heteroatoms. The number of hydrogen-bond donors (Lipinski definition) is 1. The van der Waals surface area contributed by atoms with Gasteiger partial charge in [-0.25, -0.2) is 0 Å². The van der Waals surface area contributed by atoms with E-state index in [0.717, 1.165) is 11.4 Å². The van der Waals surface area contributed by atoms with Crippen LogP contribution in [-0.4, -0.2) is 25.9 Å². The molecule has 0 fully saturated rings. The van der Waals surface area contributed by atoms with Gasteiger partial charge in [-0.2, -0.15) is 0 Å². The minimum absolute atomic E-state index is 0.326. The van der Waals surface area contributed by atoms with E-state index in [1.807, 2.05) is 36.7 Å². The van der Waals surface area contributed by atoms with Gasteiger partial charge in [-0.3, -0.25) is 4.79 Å². The number of nitrogens with zero attached hydrogens (tertiary/aromatic N) is 3. The van der Waals surface area contributed by atoms with Crippen molar-refractivity contribution in [2.75, 3.05) is 0 Å². The molecule has 0 saturated heterocycles. The van der Waals surface area contributed by atoms with Crippen molar-refractivity contribution >= 4 is 17.7 Å². The van der Waals surface area contributed by atoms with Gasteiger partial charge in [-0.05, 0) is 19.9 Å². The minimum Gasteiger partial charge on any atom is -0.369 e. The highest BCUT2D eigenvalue weighted by molar-refractivity contribution is 8.00. The minimum atomic E-state index is -0.356. The predicted octanol–water partition coefficient (Wildman–Crippen LogP) is 1.76. The van der Waals surface area contributed by atoms with Crippen molar-refractivity contribution in [3.8, 4) is 11.4 Å². The fraction of sp³-hybridized carbons (Fsp3) is 0.308. The van der Waals surface area contributed by atoms with Crippen molar-refractivity contribution in [2.45, 2.75) is 24.3 Å². The van der Waals surface area contributed by atoms with E-state index in [2.05, 4.69) is 16.3 Å². The van der Waals surface area contributed by atoms with Crippen molar-refractivity contribution < 1.29 is 4.79 Å². The van der Waals surface area contributed by atoms with Crippen LogP contribution in [0.4, 0.5) is 0 Å². The molecule has 1 amide bonds. The molecule has 1 atom stereocenters. The zero-order chi connectivity index (χ0) is 14.0. The highest BCUT2D eigenvalue weighted by Crippen LogP contribution is 2.25. The quantitative estimate of drug-likeness (QED) is 0.863. The molecule has 19 heavy (non-hydrogen) atoms. The van der Waals surface area contributed by atoms with Crippen LogP contribution >= 0.6 is 11.8 Å². The van der Waals surface area contributed by atoms with Gasteiger partial charge in [0.1, 0.15) is 0 Å². The summed E-state index contributed by atoms with van der Waals surface area (Å²) in [6.07, 6.45) is 0. The van der Waals surface area contributed by atoms with Gasteiger partial charge in [0.05, 0.1) is 5.25 Å². The van der Waals surface area contributed by atoms with Crippen LogP contribution in [0.1, 0.15) is 12.5 Å². The number of carbonyl (C=O) groups excluding carboxylic acids is 1. The SMILES string of the molecule is Cc1cccc(-c2nnc(S[C@H](C)C(N)=O)n2C)c1. The Morgan fingerprint density at radius 2 is 2.16 bits per heavy atom. The van der Waals surface area contributed by atoms with Crippen LogP contribution in [0.5, 0.6) is 0 Å². The Kier molecular flexibility index (Phi) is 3.90. The van der Waals surface area contributed by atoms with Crippen LogP contribution in [-0.2, 0) is 11.8 Å². The summed E-state index contributed by atoms with van der Waals surface area (Å²) in [6, 6.07) is 8.06. The number of hydrogen-bond acceptors (Lipinski definition) is 4. The Morgan fingerprint density at radius 1 is 1.42 bits per heavy atom. The first-order valence-corrected chi connectivity index (χ1v) is 6.79. The van der Waals surface area contributed by atoms with Gasteiger partial charge >= 0.3 is 0 Å². The second-order valence-corrected chi connectivity index (χ2v) is 5.71. The van der Waals surface area contributed by atoms with Gasteiger partial charge in [0, 0.05) is 12.6 Å². The Balaban J connectivity index is 2.30. The lowest BCUT2D eigenvalue weighted by molar-refractivity contribution is -0.117. The summed E-state index contributed by atoms with van der Waals surface area (Å²) in [5.74, 6) is 0.424. The first kappa shape index (κ1) is 13.6. The molecular formula is C13H16N4OS. The molecule has 0 aliphatic rings. The highest BCUT2D eigenvalue weighted by atomic mass is 32.2. The lowest BCUT2D eigenvalue weighted by atomic mass is 10.1. The first-order valence-electron chi connectivity index (χ1n) is 5.91. The third-order valence-corrected chi connectivity index (χ3v) is 3.95. The second-order valence-electron chi connectivity index (χ2n) is 4.40. The summed E-state index contributed by atoms with van der Waals surface area (Å²) in [6.45, 7) is 3.79. The molecule has 0 spiro atoms. The number of aromatic nitrogens is 3. The van der Waals surface area contributed by atoms with Gasteiger partial charge in [0.25, 0.3) is 0 Å². The molecule has 1 heterocycles. The summed E-state index contributed by atoms with van der Waals surface area (Å²) in [5, 5.41) is 8.65. The maximum absolute atomic E-state index is 11.1. The number of nitrogens with two attached hydrogens (primary N) is 1. The Labute approximate surface area is 116 Å². The van der Waals surface area contributed by atoms with Crippen molar-refractivity contribution in [1.82, 2.24) is 14.8 Å². The molecule has 1 aromatic carbocycles. The molecule has 100 valence electrons. The first-order chi connectivity index (χ1) is 8.99. The lowest BCUT2D eigenvalue weighted by Crippen LogP contribution is -2.22. The molecular weight excluding hydrogens is 260 g/mol. The van der Waals surface area contributed by atoms with E-state index < -0.39 is 0 Å². The van der Waals surface area contributed by atoms with E-state index in [9.17, 15) is 4.79 Å².